The Kier molecular flexibility index (Phi) is 5.50. The van der Waals surface area contributed by atoms with Crippen LogP contribution in [0, 0.1) is 0 Å². The highest BCUT2D eigenvalue weighted by Gasteiger charge is 2.14. The van der Waals surface area contributed by atoms with Gasteiger partial charge in [-0.1, -0.05) is 44.5 Å². The van der Waals surface area contributed by atoms with Gasteiger partial charge >= 0.3 is 0 Å². The zero-order valence-corrected chi connectivity index (χ0v) is 14.8. The maximum Gasteiger partial charge on any atom is 0.152 e. The highest BCUT2D eigenvalue weighted by molar-refractivity contribution is 8.00. The molecule has 0 heterocycles. The maximum atomic E-state index is 11.3. The molecule has 2 rings (SSSR count). The highest BCUT2D eigenvalue weighted by atomic mass is 35.5. The minimum Gasteiger partial charge on any atom is -0.325 e. The van der Waals surface area contributed by atoms with Crippen molar-refractivity contribution in [2.75, 3.05) is 4.72 Å². The highest BCUT2D eigenvalue weighted by Crippen LogP contribution is 2.30. The smallest absolute Gasteiger partial charge is 0.152 e. The van der Waals surface area contributed by atoms with Crippen molar-refractivity contribution in [3.05, 3.63) is 58.1 Å². The lowest BCUT2D eigenvalue weighted by atomic mass is 9.87. The van der Waals surface area contributed by atoms with Crippen LogP contribution in [0.25, 0.3) is 0 Å². The van der Waals surface area contributed by atoms with Gasteiger partial charge in [0.1, 0.15) is 0 Å². The second-order valence-corrected chi connectivity index (χ2v) is 7.42. The molecule has 1 N–H and O–H groups in total. The van der Waals surface area contributed by atoms with Crippen molar-refractivity contribution in [2.24, 2.45) is 0 Å². The van der Waals surface area contributed by atoms with E-state index in [9.17, 15) is 9.59 Å². The monoisotopic (exact) mass is 347 g/mol. The molecule has 0 saturated heterocycles. The van der Waals surface area contributed by atoms with Gasteiger partial charge in [-0.15, -0.1) is 0 Å². The standard InChI is InChI=1S/C18H18ClNO2S/c1-18(2,3)12-4-6-13(7-5-12)23-20-17-9-8-16(19)14(10-21)15(17)11-22/h4-11,20H,1-3H3. The van der Waals surface area contributed by atoms with Crippen molar-refractivity contribution in [3.8, 4) is 0 Å². The number of carbonyl (C=O) groups excluding carboxylic acids is 2. The van der Waals surface area contributed by atoms with E-state index in [0.717, 1.165) is 4.90 Å². The van der Waals surface area contributed by atoms with Crippen molar-refractivity contribution in [2.45, 2.75) is 31.1 Å². The number of anilines is 1. The molecule has 0 fully saturated rings. The summed E-state index contributed by atoms with van der Waals surface area (Å²) < 4.78 is 3.11. The lowest BCUT2D eigenvalue weighted by Crippen LogP contribution is -2.10. The van der Waals surface area contributed by atoms with Gasteiger partial charge in [-0.25, -0.2) is 0 Å². The Labute approximate surface area is 145 Å². The van der Waals surface area contributed by atoms with E-state index in [-0.39, 0.29) is 21.6 Å². The summed E-state index contributed by atoms with van der Waals surface area (Å²) in [5.41, 5.74) is 2.40. The van der Waals surface area contributed by atoms with Gasteiger partial charge in [-0.05, 0) is 47.2 Å². The van der Waals surface area contributed by atoms with E-state index in [4.69, 9.17) is 11.6 Å². The number of aldehydes is 2. The van der Waals surface area contributed by atoms with Crippen LogP contribution in [-0.2, 0) is 5.41 Å². The molecule has 2 aromatic carbocycles. The normalized spacial score (nSPS) is 11.1. The van der Waals surface area contributed by atoms with E-state index >= 15 is 0 Å². The molecule has 0 aliphatic carbocycles. The first-order valence-corrected chi connectivity index (χ1v) is 8.32. The SMILES string of the molecule is CC(C)(C)c1ccc(SNc2ccc(Cl)c(C=O)c2C=O)cc1. The Morgan fingerprint density at radius 1 is 0.957 bits per heavy atom. The lowest BCUT2D eigenvalue weighted by molar-refractivity contribution is 0.109. The second-order valence-electron chi connectivity index (χ2n) is 6.14. The number of nitrogens with one attached hydrogen (secondary N) is 1. The van der Waals surface area contributed by atoms with Crippen molar-refractivity contribution in [1.82, 2.24) is 0 Å². The van der Waals surface area contributed by atoms with Gasteiger partial charge in [0.15, 0.2) is 12.6 Å². The maximum absolute atomic E-state index is 11.3. The molecule has 0 saturated carbocycles. The van der Waals surface area contributed by atoms with Gasteiger partial charge in [0.2, 0.25) is 0 Å². The average Bonchev–Trinajstić information content (AvgIpc) is 2.52. The van der Waals surface area contributed by atoms with Gasteiger partial charge in [0.25, 0.3) is 0 Å². The molecule has 0 bridgehead atoms. The first-order chi connectivity index (χ1) is 10.9. The first kappa shape index (κ1) is 17.6. The topological polar surface area (TPSA) is 46.2 Å². The molecule has 5 heteroatoms. The van der Waals surface area contributed by atoms with Crippen molar-refractivity contribution < 1.29 is 9.59 Å². The first-order valence-electron chi connectivity index (χ1n) is 7.13. The zero-order chi connectivity index (χ0) is 17.0. The zero-order valence-electron chi connectivity index (χ0n) is 13.2. The summed E-state index contributed by atoms with van der Waals surface area (Å²) in [5, 5.41) is 0.271. The van der Waals surface area contributed by atoms with Crippen molar-refractivity contribution in [3.63, 3.8) is 0 Å². The van der Waals surface area contributed by atoms with E-state index in [1.165, 1.54) is 17.5 Å². The number of hydrogen-bond donors (Lipinski definition) is 1. The van der Waals surface area contributed by atoms with Crippen molar-refractivity contribution >= 4 is 41.8 Å². The fourth-order valence-corrected chi connectivity index (χ4v) is 2.97. The summed E-state index contributed by atoms with van der Waals surface area (Å²) in [7, 11) is 0. The van der Waals surface area contributed by atoms with E-state index < -0.39 is 0 Å². The molecule has 120 valence electrons. The fraction of sp³-hybridized carbons (Fsp3) is 0.222. The minimum absolute atomic E-state index is 0.107. The quantitative estimate of drug-likeness (QED) is 0.582. The Morgan fingerprint density at radius 2 is 1.57 bits per heavy atom. The average molecular weight is 348 g/mol. The molecule has 3 nitrogen and oxygen atoms in total. The summed E-state index contributed by atoms with van der Waals surface area (Å²) in [6.07, 6.45) is 1.24. The van der Waals surface area contributed by atoms with E-state index in [0.29, 0.717) is 18.3 Å². The molecule has 0 aliphatic rings. The molecule has 0 atom stereocenters. The Balaban J connectivity index is 2.18. The van der Waals surface area contributed by atoms with Crippen LogP contribution >= 0.6 is 23.5 Å². The van der Waals surface area contributed by atoms with Crippen LogP contribution < -0.4 is 4.72 Å². The molecule has 23 heavy (non-hydrogen) atoms. The Morgan fingerprint density at radius 3 is 2.09 bits per heavy atom. The number of rotatable bonds is 5. The van der Waals surface area contributed by atoms with Crippen LogP contribution in [0.15, 0.2) is 41.3 Å². The van der Waals surface area contributed by atoms with Gasteiger partial charge in [-0.2, -0.15) is 0 Å². The number of benzene rings is 2. The van der Waals surface area contributed by atoms with Crippen LogP contribution in [0.3, 0.4) is 0 Å². The van der Waals surface area contributed by atoms with Crippen LogP contribution in [-0.4, -0.2) is 12.6 Å². The third-order valence-electron chi connectivity index (χ3n) is 3.47. The van der Waals surface area contributed by atoms with E-state index in [1.54, 1.807) is 12.1 Å². The van der Waals surface area contributed by atoms with Gasteiger partial charge in [-0.3, -0.25) is 9.59 Å². The molecule has 2 aromatic rings. The molecule has 0 aliphatic heterocycles. The van der Waals surface area contributed by atoms with Gasteiger partial charge in [0, 0.05) is 10.5 Å². The molecule has 0 radical (unpaired) electrons. The fourth-order valence-electron chi connectivity index (χ4n) is 2.08. The van der Waals surface area contributed by atoms with Crippen LogP contribution in [0.2, 0.25) is 5.02 Å². The number of halogens is 1. The molecule has 0 amide bonds. The number of hydrogen-bond acceptors (Lipinski definition) is 4. The Hall–Kier alpha value is -1.78. The minimum atomic E-state index is 0.107. The number of carbonyl (C=O) groups is 2. The lowest BCUT2D eigenvalue weighted by Gasteiger charge is -2.19. The summed E-state index contributed by atoms with van der Waals surface area (Å²) in [5.74, 6) is 0. The molecule has 0 unspecified atom stereocenters. The van der Waals surface area contributed by atoms with Crippen LogP contribution in [0.4, 0.5) is 5.69 Å². The summed E-state index contributed by atoms with van der Waals surface area (Å²) in [6, 6.07) is 11.5. The Bertz CT molecular complexity index is 721. The predicted octanol–water partition coefficient (Wildman–Crippen LogP) is 5.38. The van der Waals surface area contributed by atoms with E-state index in [2.05, 4.69) is 37.6 Å². The molecular weight excluding hydrogens is 330 g/mol. The second kappa shape index (κ2) is 7.20. The van der Waals surface area contributed by atoms with E-state index in [1.807, 2.05) is 12.1 Å². The van der Waals surface area contributed by atoms with Gasteiger partial charge in [0.05, 0.1) is 16.3 Å². The largest absolute Gasteiger partial charge is 0.325 e. The van der Waals surface area contributed by atoms with Crippen molar-refractivity contribution in [1.29, 1.82) is 0 Å². The van der Waals surface area contributed by atoms with Gasteiger partial charge < -0.3 is 4.72 Å². The molecule has 0 aromatic heterocycles. The third-order valence-corrected chi connectivity index (χ3v) is 4.63. The third kappa shape index (κ3) is 4.15. The summed E-state index contributed by atoms with van der Waals surface area (Å²) in [4.78, 5) is 23.4. The van der Waals surface area contributed by atoms with Crippen LogP contribution in [0.1, 0.15) is 47.1 Å². The summed E-state index contributed by atoms with van der Waals surface area (Å²) in [6.45, 7) is 6.50. The summed E-state index contributed by atoms with van der Waals surface area (Å²) >= 11 is 7.31. The predicted molar refractivity (Wildman–Crippen MR) is 96.8 cm³/mol. The van der Waals surface area contributed by atoms with Crippen LogP contribution in [0.5, 0.6) is 0 Å². The molecular formula is C18H18ClNO2S. The molecule has 0 spiro atoms.